The molecule has 0 atom stereocenters. The summed E-state index contributed by atoms with van der Waals surface area (Å²) in [6, 6.07) is 7.01. The van der Waals surface area contributed by atoms with Crippen molar-refractivity contribution in [3.05, 3.63) is 35.4 Å². The van der Waals surface area contributed by atoms with Gasteiger partial charge in [0.2, 0.25) is 0 Å². The van der Waals surface area contributed by atoms with E-state index >= 15 is 0 Å². The summed E-state index contributed by atoms with van der Waals surface area (Å²) in [7, 11) is 0. The Morgan fingerprint density at radius 2 is 1.95 bits per heavy atom. The molecule has 0 unspecified atom stereocenters. The third-order valence-electron chi connectivity index (χ3n) is 2.15. The largest absolute Gasteiger partial charge is 0.444 e. The van der Waals surface area contributed by atoms with Gasteiger partial charge in [0.1, 0.15) is 11.4 Å². The van der Waals surface area contributed by atoms with Crippen molar-refractivity contribution < 1.29 is 9.53 Å². The molecule has 5 nitrogen and oxygen atoms in total. The molecule has 0 heterocycles. The highest BCUT2D eigenvalue weighted by molar-refractivity contribution is 5.94. The van der Waals surface area contributed by atoms with Crippen LogP contribution in [0.3, 0.4) is 0 Å². The van der Waals surface area contributed by atoms with Crippen LogP contribution in [0.25, 0.3) is 0 Å². The first-order valence-corrected chi connectivity index (χ1v) is 6.18. The number of nitrogen functional groups attached to an aromatic ring is 1. The quantitative estimate of drug-likeness (QED) is 0.436. The second-order valence-electron chi connectivity index (χ2n) is 5.15. The second-order valence-corrected chi connectivity index (χ2v) is 5.15. The highest BCUT2D eigenvalue weighted by Gasteiger charge is 2.14. The lowest BCUT2D eigenvalue weighted by atomic mass is 10.1. The number of nitrogens with two attached hydrogens (primary N) is 1. The van der Waals surface area contributed by atoms with Gasteiger partial charge >= 0.3 is 6.09 Å². The number of hydrogen-bond acceptors (Lipinski definition) is 3. The molecule has 0 aliphatic carbocycles. The maximum absolute atomic E-state index is 11.4. The normalized spacial score (nSPS) is 10.2. The number of amides is 1. The van der Waals surface area contributed by atoms with Gasteiger partial charge in [-0.05, 0) is 32.9 Å². The number of amidine groups is 1. The van der Waals surface area contributed by atoms with Crippen LogP contribution in [0.15, 0.2) is 24.3 Å². The Labute approximate surface area is 119 Å². The fourth-order valence-electron chi connectivity index (χ4n) is 1.31. The van der Waals surface area contributed by atoms with Crippen LogP contribution >= 0.6 is 0 Å². The summed E-state index contributed by atoms with van der Waals surface area (Å²) in [6.07, 6.45) is -0.487. The molecule has 0 radical (unpaired) electrons. The van der Waals surface area contributed by atoms with Crippen molar-refractivity contribution in [2.45, 2.75) is 26.4 Å². The average molecular weight is 273 g/mol. The highest BCUT2D eigenvalue weighted by Crippen LogP contribution is 2.06. The number of hydrogen-bond donors (Lipinski definition) is 3. The van der Waals surface area contributed by atoms with Crippen molar-refractivity contribution in [3.8, 4) is 11.8 Å². The standard InChI is InChI=1S/C15H19N3O2/c1-15(2,3)20-14(19)18-10-4-5-11-6-8-12(9-7-11)13(16)17/h6-9H,10H2,1-3H3,(H3,16,17)(H,18,19). The number of carbonyl (C=O) groups is 1. The zero-order valence-corrected chi connectivity index (χ0v) is 11.9. The number of alkyl carbamates (subject to hydrolysis) is 1. The lowest BCUT2D eigenvalue weighted by Crippen LogP contribution is -2.32. The van der Waals surface area contributed by atoms with Crippen LogP contribution in [0.5, 0.6) is 0 Å². The molecule has 20 heavy (non-hydrogen) atoms. The Bertz CT molecular complexity index is 545. The van der Waals surface area contributed by atoms with Crippen molar-refractivity contribution in [1.29, 1.82) is 5.41 Å². The SMILES string of the molecule is CC(C)(C)OC(=O)NCC#Cc1ccc(C(=N)N)cc1. The molecule has 0 aliphatic heterocycles. The molecule has 0 aliphatic rings. The van der Waals surface area contributed by atoms with Crippen LogP contribution in [0.1, 0.15) is 31.9 Å². The van der Waals surface area contributed by atoms with Gasteiger partial charge in [-0.15, -0.1) is 0 Å². The van der Waals surface area contributed by atoms with E-state index in [1.165, 1.54) is 0 Å². The number of benzene rings is 1. The van der Waals surface area contributed by atoms with E-state index in [0.717, 1.165) is 5.56 Å². The van der Waals surface area contributed by atoms with Crippen LogP contribution in [0, 0.1) is 17.3 Å². The van der Waals surface area contributed by atoms with Gasteiger partial charge in [0, 0.05) is 11.1 Å². The van der Waals surface area contributed by atoms with E-state index in [-0.39, 0.29) is 12.4 Å². The first-order chi connectivity index (χ1) is 9.28. The fourth-order valence-corrected chi connectivity index (χ4v) is 1.31. The number of nitrogens with one attached hydrogen (secondary N) is 2. The van der Waals surface area contributed by atoms with E-state index in [2.05, 4.69) is 17.2 Å². The molecule has 5 heteroatoms. The molecule has 0 spiro atoms. The van der Waals surface area contributed by atoms with Gasteiger partial charge in [-0.3, -0.25) is 5.41 Å². The minimum absolute atomic E-state index is 0.0242. The lowest BCUT2D eigenvalue weighted by Gasteiger charge is -2.18. The predicted molar refractivity (Wildman–Crippen MR) is 78.6 cm³/mol. The maximum Gasteiger partial charge on any atom is 0.408 e. The molecule has 0 saturated carbocycles. The first kappa shape index (κ1) is 15.6. The van der Waals surface area contributed by atoms with E-state index in [1.54, 1.807) is 45.0 Å². The van der Waals surface area contributed by atoms with Crippen molar-refractivity contribution >= 4 is 11.9 Å². The summed E-state index contributed by atoms with van der Waals surface area (Å²) in [5, 5.41) is 9.82. The molecule has 106 valence electrons. The minimum Gasteiger partial charge on any atom is -0.444 e. The topological polar surface area (TPSA) is 88.2 Å². The zero-order valence-electron chi connectivity index (χ0n) is 11.9. The van der Waals surface area contributed by atoms with E-state index in [9.17, 15) is 4.79 Å². The van der Waals surface area contributed by atoms with Gasteiger partial charge in [-0.25, -0.2) is 4.79 Å². The fraction of sp³-hybridized carbons (Fsp3) is 0.333. The van der Waals surface area contributed by atoms with E-state index in [4.69, 9.17) is 15.9 Å². The van der Waals surface area contributed by atoms with Gasteiger partial charge in [-0.1, -0.05) is 24.0 Å². The lowest BCUT2D eigenvalue weighted by molar-refractivity contribution is 0.0535. The first-order valence-electron chi connectivity index (χ1n) is 6.18. The van der Waals surface area contributed by atoms with Crippen molar-refractivity contribution in [1.82, 2.24) is 5.32 Å². The van der Waals surface area contributed by atoms with Gasteiger partial charge in [0.25, 0.3) is 0 Å². The molecule has 1 aromatic carbocycles. The van der Waals surface area contributed by atoms with E-state index in [0.29, 0.717) is 5.56 Å². The Kier molecular flexibility index (Phi) is 5.15. The van der Waals surface area contributed by atoms with E-state index in [1.807, 2.05) is 0 Å². The Morgan fingerprint density at radius 1 is 1.35 bits per heavy atom. The van der Waals surface area contributed by atoms with E-state index < -0.39 is 11.7 Å². The van der Waals surface area contributed by atoms with Gasteiger partial charge in [0.05, 0.1) is 6.54 Å². The number of rotatable bonds is 2. The molecular formula is C15H19N3O2. The van der Waals surface area contributed by atoms with Crippen molar-refractivity contribution in [3.63, 3.8) is 0 Å². The number of carbonyl (C=O) groups excluding carboxylic acids is 1. The average Bonchev–Trinajstić information content (AvgIpc) is 2.33. The summed E-state index contributed by atoms with van der Waals surface area (Å²) in [6.45, 7) is 5.61. The summed E-state index contributed by atoms with van der Waals surface area (Å²) < 4.78 is 5.08. The summed E-state index contributed by atoms with van der Waals surface area (Å²) in [5.74, 6) is 5.74. The Hall–Kier alpha value is -2.48. The van der Waals surface area contributed by atoms with Gasteiger partial charge in [-0.2, -0.15) is 0 Å². The molecule has 1 aromatic rings. The second kappa shape index (κ2) is 6.62. The molecule has 0 fully saturated rings. The molecule has 1 rings (SSSR count). The Morgan fingerprint density at radius 3 is 2.45 bits per heavy atom. The van der Waals surface area contributed by atoms with Crippen LogP contribution in [-0.2, 0) is 4.74 Å². The zero-order chi connectivity index (χ0) is 15.2. The molecule has 1 amide bonds. The van der Waals surface area contributed by atoms with Gasteiger partial charge in [0.15, 0.2) is 0 Å². The summed E-state index contributed by atoms with van der Waals surface area (Å²) in [4.78, 5) is 11.4. The van der Waals surface area contributed by atoms with Gasteiger partial charge < -0.3 is 15.8 Å². The maximum atomic E-state index is 11.4. The summed E-state index contributed by atoms with van der Waals surface area (Å²) >= 11 is 0. The third-order valence-corrected chi connectivity index (χ3v) is 2.15. The monoisotopic (exact) mass is 273 g/mol. The number of ether oxygens (including phenoxy) is 1. The Balaban J connectivity index is 2.47. The molecule has 4 N–H and O–H groups in total. The van der Waals surface area contributed by atoms with Crippen molar-refractivity contribution in [2.75, 3.05) is 6.54 Å². The van der Waals surface area contributed by atoms with Crippen LogP contribution in [0.2, 0.25) is 0 Å². The molecule has 0 aromatic heterocycles. The smallest absolute Gasteiger partial charge is 0.408 e. The molecular weight excluding hydrogens is 254 g/mol. The van der Waals surface area contributed by atoms with Crippen LogP contribution in [-0.4, -0.2) is 24.1 Å². The molecule has 0 bridgehead atoms. The van der Waals surface area contributed by atoms with Crippen LogP contribution < -0.4 is 11.1 Å². The third kappa shape index (κ3) is 5.91. The molecule has 0 saturated heterocycles. The highest BCUT2D eigenvalue weighted by atomic mass is 16.6. The minimum atomic E-state index is -0.514. The summed E-state index contributed by atoms with van der Waals surface area (Å²) in [5.41, 5.74) is 6.29. The predicted octanol–water partition coefficient (Wildman–Crippen LogP) is 1.85. The van der Waals surface area contributed by atoms with Crippen molar-refractivity contribution in [2.24, 2.45) is 5.73 Å². The van der Waals surface area contributed by atoms with Crippen LogP contribution in [0.4, 0.5) is 4.79 Å².